The quantitative estimate of drug-likeness (QED) is 0.695. The number of aliphatic imine (C=N–C) groups is 1. The minimum atomic E-state index is 0.662. The second kappa shape index (κ2) is 22.5. The van der Waals surface area contributed by atoms with Gasteiger partial charge in [0, 0.05) is 12.3 Å². The summed E-state index contributed by atoms with van der Waals surface area (Å²) in [5.41, 5.74) is 11.9. The first-order valence-corrected chi connectivity index (χ1v) is 8.49. The highest BCUT2D eigenvalue weighted by Gasteiger charge is 1.87. The van der Waals surface area contributed by atoms with Crippen LogP contribution in [0.4, 0.5) is 0 Å². The Kier molecular flexibility index (Phi) is 29.8. The lowest BCUT2D eigenvalue weighted by Crippen LogP contribution is -2.05. The molecular formula is C19H45N3. The molecule has 0 radical (unpaired) electrons. The fraction of sp³-hybridized carbons (Fsp3) is 0.842. The van der Waals surface area contributed by atoms with Crippen LogP contribution in [0.3, 0.4) is 0 Å². The molecular weight excluding hydrogens is 270 g/mol. The third-order valence-electron chi connectivity index (χ3n) is 2.06. The van der Waals surface area contributed by atoms with E-state index in [2.05, 4.69) is 60.0 Å². The van der Waals surface area contributed by atoms with Gasteiger partial charge in [0.25, 0.3) is 0 Å². The van der Waals surface area contributed by atoms with Gasteiger partial charge in [0.05, 0.1) is 0 Å². The van der Waals surface area contributed by atoms with Crippen molar-refractivity contribution in [3.05, 3.63) is 12.3 Å². The average molecular weight is 316 g/mol. The summed E-state index contributed by atoms with van der Waals surface area (Å²) in [5, 5.41) is 0. The molecule has 0 atom stereocenters. The lowest BCUT2D eigenvalue weighted by atomic mass is 10.2. The van der Waals surface area contributed by atoms with Crippen LogP contribution in [0.2, 0.25) is 0 Å². The van der Waals surface area contributed by atoms with E-state index in [1.54, 1.807) is 6.92 Å². The molecule has 0 amide bonds. The first-order chi connectivity index (χ1) is 9.90. The maximum atomic E-state index is 5.17. The predicted molar refractivity (Wildman–Crippen MR) is 107 cm³/mol. The Morgan fingerprint density at radius 3 is 1.23 bits per heavy atom. The number of nitrogens with two attached hydrogens (primary N) is 2. The molecule has 3 heteroatoms. The van der Waals surface area contributed by atoms with Gasteiger partial charge in [0.15, 0.2) is 0 Å². The second-order valence-electron chi connectivity index (χ2n) is 6.96. The lowest BCUT2D eigenvalue weighted by Gasteiger charge is -1.96. The molecule has 0 fully saturated rings. The van der Waals surface area contributed by atoms with Crippen LogP contribution in [0, 0.1) is 17.8 Å². The number of rotatable bonds is 4. The molecule has 0 aromatic heterocycles. The van der Waals surface area contributed by atoms with Gasteiger partial charge in [-0.25, -0.2) is 0 Å². The molecule has 0 saturated heterocycles. The van der Waals surface area contributed by atoms with Crippen molar-refractivity contribution < 1.29 is 0 Å². The van der Waals surface area contributed by atoms with E-state index in [4.69, 9.17) is 11.5 Å². The highest BCUT2D eigenvalue weighted by Crippen LogP contribution is 1.94. The Balaban J connectivity index is -0.000000102. The summed E-state index contributed by atoms with van der Waals surface area (Å²) < 4.78 is 0. The van der Waals surface area contributed by atoms with Crippen LogP contribution in [0.1, 0.15) is 75.7 Å². The van der Waals surface area contributed by atoms with E-state index in [9.17, 15) is 0 Å². The summed E-state index contributed by atoms with van der Waals surface area (Å²) in [6, 6.07) is 0. The van der Waals surface area contributed by atoms with E-state index in [1.807, 2.05) is 13.8 Å². The van der Waals surface area contributed by atoms with Gasteiger partial charge in [0.1, 0.15) is 0 Å². The molecule has 0 heterocycles. The monoisotopic (exact) mass is 315 g/mol. The molecule has 22 heavy (non-hydrogen) atoms. The van der Waals surface area contributed by atoms with E-state index in [0.717, 1.165) is 19.0 Å². The highest BCUT2D eigenvalue weighted by molar-refractivity contribution is 5.79. The SMILES string of the molecule is C=C(C)N.CC(C)=NCC(C)C.CC(C)CN.CCC(C)C. The summed E-state index contributed by atoms with van der Waals surface area (Å²) in [6.45, 7) is 26.1. The van der Waals surface area contributed by atoms with Gasteiger partial charge in [-0.1, -0.05) is 61.5 Å². The van der Waals surface area contributed by atoms with Gasteiger partial charge >= 0.3 is 0 Å². The van der Waals surface area contributed by atoms with Crippen molar-refractivity contribution >= 4 is 5.71 Å². The van der Waals surface area contributed by atoms with E-state index in [1.165, 1.54) is 12.1 Å². The average Bonchev–Trinajstić information content (AvgIpc) is 2.37. The van der Waals surface area contributed by atoms with Gasteiger partial charge in [0.2, 0.25) is 0 Å². The number of nitrogens with zero attached hydrogens (tertiary/aromatic N) is 1. The summed E-state index contributed by atoms with van der Waals surface area (Å²) >= 11 is 0. The molecule has 0 aliphatic heterocycles. The lowest BCUT2D eigenvalue weighted by molar-refractivity contribution is 0.626. The third-order valence-corrected chi connectivity index (χ3v) is 2.06. The van der Waals surface area contributed by atoms with Crippen LogP contribution in [-0.2, 0) is 0 Å². The number of hydrogen-bond acceptors (Lipinski definition) is 3. The molecule has 0 spiro atoms. The zero-order valence-electron chi connectivity index (χ0n) is 17.2. The van der Waals surface area contributed by atoms with Crippen LogP contribution in [0.15, 0.2) is 17.3 Å². The summed E-state index contributed by atoms with van der Waals surface area (Å²) in [4.78, 5) is 4.24. The van der Waals surface area contributed by atoms with E-state index < -0.39 is 0 Å². The minimum Gasteiger partial charge on any atom is -0.403 e. The van der Waals surface area contributed by atoms with Crippen molar-refractivity contribution in [1.82, 2.24) is 0 Å². The van der Waals surface area contributed by atoms with Gasteiger partial charge in [-0.15, -0.1) is 0 Å². The highest BCUT2D eigenvalue weighted by atomic mass is 14.7. The van der Waals surface area contributed by atoms with Gasteiger partial charge < -0.3 is 11.5 Å². The van der Waals surface area contributed by atoms with Crippen LogP contribution < -0.4 is 11.5 Å². The Morgan fingerprint density at radius 1 is 0.909 bits per heavy atom. The van der Waals surface area contributed by atoms with Crippen LogP contribution in [0.5, 0.6) is 0 Å². The second-order valence-corrected chi connectivity index (χ2v) is 6.96. The Bertz CT molecular complexity index is 225. The topological polar surface area (TPSA) is 64.4 Å². The van der Waals surface area contributed by atoms with Gasteiger partial charge in [-0.05, 0) is 50.8 Å². The molecule has 0 aliphatic carbocycles. The van der Waals surface area contributed by atoms with Crippen LogP contribution in [-0.4, -0.2) is 18.8 Å². The van der Waals surface area contributed by atoms with Gasteiger partial charge in [-0.2, -0.15) is 0 Å². The Hall–Kier alpha value is -0.830. The van der Waals surface area contributed by atoms with Crippen LogP contribution in [0.25, 0.3) is 0 Å². The molecule has 136 valence electrons. The zero-order valence-corrected chi connectivity index (χ0v) is 17.2. The standard InChI is InChI=1S/C7H15N.C5H12.C4H11N.C3H7N/c1-6(2)5-8-7(3)4;1-4-5(2)3;1-4(2)3-5;1-3(2)4/h6H,5H2,1-4H3;5H,4H2,1-3H3;4H,3,5H2,1-2H3;1,4H2,2H3. The first-order valence-electron chi connectivity index (χ1n) is 8.49. The van der Waals surface area contributed by atoms with Crippen LogP contribution >= 0.6 is 0 Å². The molecule has 0 aliphatic rings. The smallest absolute Gasteiger partial charge is 0.0411 e. The molecule has 0 unspecified atom stereocenters. The van der Waals surface area contributed by atoms with Gasteiger partial charge in [-0.3, -0.25) is 4.99 Å². The fourth-order valence-corrected chi connectivity index (χ4v) is 0.365. The summed E-state index contributed by atoms with van der Waals surface area (Å²) in [5.74, 6) is 2.25. The largest absolute Gasteiger partial charge is 0.403 e. The molecule has 3 nitrogen and oxygen atoms in total. The van der Waals surface area contributed by atoms with Crippen molar-refractivity contribution in [1.29, 1.82) is 0 Å². The maximum Gasteiger partial charge on any atom is 0.0411 e. The summed E-state index contributed by atoms with van der Waals surface area (Å²) in [7, 11) is 0. The van der Waals surface area contributed by atoms with Crippen molar-refractivity contribution in [3.63, 3.8) is 0 Å². The van der Waals surface area contributed by atoms with Crippen molar-refractivity contribution in [3.8, 4) is 0 Å². The van der Waals surface area contributed by atoms with E-state index in [-0.39, 0.29) is 0 Å². The molecule has 0 aromatic rings. The molecule has 0 rings (SSSR count). The van der Waals surface area contributed by atoms with E-state index >= 15 is 0 Å². The molecule has 4 N–H and O–H groups in total. The molecule has 0 aromatic carbocycles. The van der Waals surface area contributed by atoms with E-state index in [0.29, 0.717) is 17.5 Å². The minimum absolute atomic E-state index is 0.662. The first kappa shape index (κ1) is 29.2. The fourth-order valence-electron chi connectivity index (χ4n) is 0.365. The Morgan fingerprint density at radius 2 is 1.18 bits per heavy atom. The Labute approximate surface area is 141 Å². The number of allylic oxidation sites excluding steroid dienone is 1. The predicted octanol–water partition coefficient (Wildman–Crippen LogP) is 5.26. The number of hydrogen-bond donors (Lipinski definition) is 2. The molecule has 0 saturated carbocycles. The molecule has 0 bridgehead atoms. The maximum absolute atomic E-state index is 5.17. The third kappa shape index (κ3) is 94.8. The van der Waals surface area contributed by atoms with Crippen molar-refractivity contribution in [2.24, 2.45) is 34.2 Å². The van der Waals surface area contributed by atoms with Crippen molar-refractivity contribution in [2.45, 2.75) is 75.7 Å². The normalized spacial score (nSPS) is 9.00. The zero-order chi connectivity index (χ0) is 18.7. The van der Waals surface area contributed by atoms with Crippen molar-refractivity contribution in [2.75, 3.05) is 13.1 Å². The summed E-state index contributed by atoms with van der Waals surface area (Å²) in [6.07, 6.45) is 1.31.